The van der Waals surface area contributed by atoms with Crippen LogP contribution in [0.15, 0.2) is 22.7 Å². The predicted octanol–water partition coefficient (Wildman–Crippen LogP) is 2.44. The van der Waals surface area contributed by atoms with Gasteiger partial charge >= 0.3 is 12.0 Å². The van der Waals surface area contributed by atoms with Crippen LogP contribution in [0.3, 0.4) is 0 Å². The van der Waals surface area contributed by atoms with Crippen molar-refractivity contribution < 1.29 is 19.6 Å². The number of urea groups is 1. The summed E-state index contributed by atoms with van der Waals surface area (Å²) < 4.78 is 0.479. The van der Waals surface area contributed by atoms with Crippen molar-refractivity contribution in [2.45, 2.75) is 18.9 Å². The summed E-state index contributed by atoms with van der Waals surface area (Å²) in [4.78, 5) is 34.6. The number of anilines is 1. The number of carboxylic acid groups (broad SMARTS) is 1. The molecule has 1 saturated heterocycles. The minimum atomic E-state index is -1.05. The van der Waals surface area contributed by atoms with Crippen LogP contribution in [-0.2, 0) is 4.79 Å². The molecule has 1 aromatic rings. The van der Waals surface area contributed by atoms with E-state index in [4.69, 9.17) is 5.11 Å². The van der Waals surface area contributed by atoms with Gasteiger partial charge in [-0.1, -0.05) is 0 Å². The molecule has 0 aliphatic carbocycles. The number of non-ortho nitro benzene ring substituents is 1. The van der Waals surface area contributed by atoms with Crippen molar-refractivity contribution in [3.63, 3.8) is 0 Å². The van der Waals surface area contributed by atoms with E-state index >= 15 is 0 Å². The number of carboxylic acids is 1. The molecule has 1 aromatic carbocycles. The number of aliphatic carboxylic acids is 1. The number of amides is 2. The van der Waals surface area contributed by atoms with E-state index < -0.39 is 23.0 Å². The Morgan fingerprint density at radius 2 is 2.19 bits per heavy atom. The van der Waals surface area contributed by atoms with Crippen molar-refractivity contribution in [2.75, 3.05) is 11.9 Å². The van der Waals surface area contributed by atoms with Gasteiger partial charge in [-0.3, -0.25) is 10.1 Å². The average molecular weight is 358 g/mol. The zero-order valence-electron chi connectivity index (χ0n) is 10.8. The van der Waals surface area contributed by atoms with Gasteiger partial charge in [-0.2, -0.15) is 0 Å². The first kappa shape index (κ1) is 15.2. The van der Waals surface area contributed by atoms with E-state index in [2.05, 4.69) is 21.2 Å². The summed E-state index contributed by atoms with van der Waals surface area (Å²) in [5.74, 6) is -1.05. The summed E-state index contributed by atoms with van der Waals surface area (Å²) in [6.45, 7) is 0.343. The molecule has 1 atom stereocenters. The molecule has 1 aliphatic heterocycles. The summed E-state index contributed by atoms with van der Waals surface area (Å²) in [5.41, 5.74) is 0.0648. The number of nitrogens with one attached hydrogen (secondary N) is 1. The first-order chi connectivity index (χ1) is 9.90. The van der Waals surface area contributed by atoms with Crippen molar-refractivity contribution in [3.8, 4) is 0 Å². The molecule has 2 rings (SSSR count). The lowest BCUT2D eigenvalue weighted by molar-refractivity contribution is -0.384. The van der Waals surface area contributed by atoms with Crippen LogP contribution in [-0.4, -0.2) is 39.5 Å². The van der Waals surface area contributed by atoms with Crippen molar-refractivity contribution >= 4 is 39.3 Å². The van der Waals surface area contributed by atoms with Crippen LogP contribution in [0.5, 0.6) is 0 Å². The van der Waals surface area contributed by atoms with Crippen LogP contribution in [0, 0.1) is 10.1 Å². The number of halogens is 1. The summed E-state index contributed by atoms with van der Waals surface area (Å²) in [7, 11) is 0. The standard InChI is InChI=1S/C12H12BrN3O5/c13-8-4-3-7(16(20)21)6-9(8)14-12(19)15-5-1-2-10(15)11(17)18/h3-4,6,10H,1-2,5H2,(H,14,19)(H,17,18)/t10-/m1/s1. The lowest BCUT2D eigenvalue weighted by atomic mass is 10.2. The van der Waals surface area contributed by atoms with Gasteiger partial charge in [0.05, 0.1) is 10.6 Å². The normalized spacial score (nSPS) is 17.6. The van der Waals surface area contributed by atoms with Gasteiger partial charge in [0.25, 0.3) is 5.69 Å². The van der Waals surface area contributed by atoms with E-state index in [9.17, 15) is 19.7 Å². The Hall–Kier alpha value is -2.16. The predicted molar refractivity (Wildman–Crippen MR) is 77.2 cm³/mol. The summed E-state index contributed by atoms with van der Waals surface area (Å²) in [6, 6.07) is 2.53. The number of carbonyl (C=O) groups excluding carboxylic acids is 1. The number of carbonyl (C=O) groups is 2. The first-order valence-corrected chi connectivity index (χ1v) is 6.94. The third-order valence-corrected chi connectivity index (χ3v) is 3.89. The lowest BCUT2D eigenvalue weighted by Gasteiger charge is -2.22. The van der Waals surface area contributed by atoms with Gasteiger partial charge in [0.15, 0.2) is 0 Å². The molecule has 8 nitrogen and oxygen atoms in total. The van der Waals surface area contributed by atoms with E-state index in [1.165, 1.54) is 23.1 Å². The van der Waals surface area contributed by atoms with Crippen LogP contribution in [0.1, 0.15) is 12.8 Å². The highest BCUT2D eigenvalue weighted by atomic mass is 79.9. The Kier molecular flexibility index (Phi) is 4.41. The van der Waals surface area contributed by atoms with Crippen molar-refractivity contribution in [1.82, 2.24) is 4.90 Å². The van der Waals surface area contributed by atoms with Crippen LogP contribution < -0.4 is 5.32 Å². The zero-order chi connectivity index (χ0) is 15.6. The number of hydrogen-bond acceptors (Lipinski definition) is 4. The third-order valence-electron chi connectivity index (χ3n) is 3.20. The maximum absolute atomic E-state index is 12.1. The van der Waals surface area contributed by atoms with Crippen LogP contribution in [0.2, 0.25) is 0 Å². The summed E-state index contributed by atoms with van der Waals surface area (Å²) in [6.07, 6.45) is 1.01. The second kappa shape index (κ2) is 6.08. The molecular formula is C12H12BrN3O5. The number of benzene rings is 1. The number of nitro groups is 1. The molecule has 0 unspecified atom stereocenters. The second-order valence-electron chi connectivity index (χ2n) is 4.54. The largest absolute Gasteiger partial charge is 0.480 e. The molecule has 0 bridgehead atoms. The molecule has 1 fully saturated rings. The quantitative estimate of drug-likeness (QED) is 0.637. The molecule has 9 heteroatoms. The highest BCUT2D eigenvalue weighted by Gasteiger charge is 2.34. The Balaban J connectivity index is 2.18. The summed E-state index contributed by atoms with van der Waals surface area (Å²) >= 11 is 3.19. The number of rotatable bonds is 3. The Morgan fingerprint density at radius 3 is 2.81 bits per heavy atom. The van der Waals surface area contributed by atoms with Crippen molar-refractivity contribution in [1.29, 1.82) is 0 Å². The maximum Gasteiger partial charge on any atom is 0.326 e. The monoisotopic (exact) mass is 357 g/mol. The van der Waals surface area contributed by atoms with E-state index in [1.807, 2.05) is 0 Å². The molecule has 0 spiro atoms. The van der Waals surface area contributed by atoms with Gasteiger partial charge in [0.2, 0.25) is 0 Å². The lowest BCUT2D eigenvalue weighted by Crippen LogP contribution is -2.42. The first-order valence-electron chi connectivity index (χ1n) is 6.14. The summed E-state index contributed by atoms with van der Waals surface area (Å²) in [5, 5.41) is 22.3. The maximum atomic E-state index is 12.1. The Morgan fingerprint density at radius 1 is 1.48 bits per heavy atom. The van der Waals surface area contributed by atoms with Gasteiger partial charge in [-0.25, -0.2) is 9.59 Å². The minimum absolute atomic E-state index is 0.162. The molecule has 0 aromatic heterocycles. The molecule has 21 heavy (non-hydrogen) atoms. The van der Waals surface area contributed by atoms with Gasteiger partial charge in [-0.05, 0) is 34.8 Å². The number of nitro benzene ring substituents is 1. The third kappa shape index (κ3) is 3.30. The van der Waals surface area contributed by atoms with Crippen LogP contribution in [0.25, 0.3) is 0 Å². The van der Waals surface area contributed by atoms with Crippen LogP contribution >= 0.6 is 15.9 Å². The fourth-order valence-electron chi connectivity index (χ4n) is 2.18. The van der Waals surface area contributed by atoms with Gasteiger partial charge in [-0.15, -0.1) is 0 Å². The van der Waals surface area contributed by atoms with E-state index in [-0.39, 0.29) is 11.4 Å². The number of nitrogens with zero attached hydrogens (tertiary/aromatic N) is 2. The minimum Gasteiger partial charge on any atom is -0.480 e. The smallest absolute Gasteiger partial charge is 0.326 e. The molecule has 112 valence electrons. The fraction of sp³-hybridized carbons (Fsp3) is 0.333. The van der Waals surface area contributed by atoms with E-state index in [0.29, 0.717) is 23.9 Å². The molecule has 2 amide bonds. The van der Waals surface area contributed by atoms with Gasteiger partial charge in [0.1, 0.15) is 6.04 Å². The molecule has 0 radical (unpaired) electrons. The van der Waals surface area contributed by atoms with Gasteiger partial charge < -0.3 is 15.3 Å². The molecule has 1 heterocycles. The topological polar surface area (TPSA) is 113 Å². The van der Waals surface area contributed by atoms with Gasteiger partial charge in [0, 0.05) is 23.2 Å². The number of hydrogen-bond donors (Lipinski definition) is 2. The average Bonchev–Trinajstić information content (AvgIpc) is 2.90. The second-order valence-corrected chi connectivity index (χ2v) is 5.40. The molecule has 1 aliphatic rings. The Labute approximate surface area is 128 Å². The van der Waals surface area contributed by atoms with Crippen molar-refractivity contribution in [2.24, 2.45) is 0 Å². The SMILES string of the molecule is O=C(O)[C@H]1CCCN1C(=O)Nc1cc([N+](=O)[O-])ccc1Br. The Bertz CT molecular complexity index is 607. The molecule has 0 saturated carbocycles. The van der Waals surface area contributed by atoms with E-state index in [0.717, 1.165) is 0 Å². The molecular weight excluding hydrogens is 346 g/mol. The van der Waals surface area contributed by atoms with Crippen molar-refractivity contribution in [3.05, 3.63) is 32.8 Å². The highest BCUT2D eigenvalue weighted by Crippen LogP contribution is 2.28. The molecule has 2 N–H and O–H groups in total. The zero-order valence-corrected chi connectivity index (χ0v) is 12.4. The van der Waals surface area contributed by atoms with Crippen LogP contribution in [0.4, 0.5) is 16.2 Å². The number of likely N-dealkylation sites (tertiary alicyclic amines) is 1. The van der Waals surface area contributed by atoms with E-state index in [1.54, 1.807) is 0 Å². The fourth-order valence-corrected chi connectivity index (χ4v) is 2.52. The highest BCUT2D eigenvalue weighted by molar-refractivity contribution is 9.10.